The molecule has 2 aromatic carbocycles. The van der Waals surface area contributed by atoms with Crippen molar-refractivity contribution < 1.29 is 70.0 Å². The van der Waals surface area contributed by atoms with Crippen LogP contribution in [-0.2, 0) is 20.0 Å². The molecule has 0 aromatic heterocycles. The number of hydrogen-bond acceptors (Lipinski definition) is 5. The molecule has 34 heavy (non-hydrogen) atoms. The summed E-state index contributed by atoms with van der Waals surface area (Å²) in [5, 5.41) is -14.8. The van der Waals surface area contributed by atoms with E-state index >= 15 is 0 Å². The number of sulfone groups is 1. The number of rotatable bonds is 8. The highest BCUT2D eigenvalue weighted by atomic mass is 32.2. The third-order valence-corrected chi connectivity index (χ3v) is 6.77. The summed E-state index contributed by atoms with van der Waals surface area (Å²) in [6, 6.07) is 6.33. The average molecular weight is 550 g/mol. The average Bonchev–Trinajstić information content (AvgIpc) is 2.66. The van der Waals surface area contributed by atoms with Crippen LogP contribution in [0.2, 0.25) is 0 Å². The van der Waals surface area contributed by atoms with E-state index in [1.54, 1.807) is 0 Å². The first-order valence-corrected chi connectivity index (χ1v) is 11.0. The van der Waals surface area contributed by atoms with E-state index in [0.717, 1.165) is 0 Å². The Morgan fingerprint density at radius 2 is 1.09 bits per heavy atom. The van der Waals surface area contributed by atoms with Gasteiger partial charge in [-0.15, -0.1) is 0 Å². The molecule has 18 heteroatoms. The van der Waals surface area contributed by atoms with Crippen molar-refractivity contribution in [2.75, 3.05) is 0 Å². The molecule has 0 saturated carbocycles. The molecular formula is C16H8F10O6S2. The van der Waals surface area contributed by atoms with Crippen LogP contribution in [0.25, 0.3) is 0 Å². The second kappa shape index (κ2) is 8.26. The lowest BCUT2D eigenvalue weighted by atomic mass is 10.2. The molecule has 1 N–H and O–H groups in total. The van der Waals surface area contributed by atoms with E-state index in [0.29, 0.717) is 0 Å². The van der Waals surface area contributed by atoms with E-state index in [1.807, 2.05) is 0 Å². The molecule has 0 bridgehead atoms. The Kier molecular flexibility index (Phi) is 6.72. The first-order valence-electron chi connectivity index (χ1n) is 8.08. The molecule has 0 spiro atoms. The third-order valence-electron chi connectivity index (χ3n) is 4.01. The van der Waals surface area contributed by atoms with Crippen molar-refractivity contribution in [2.45, 2.75) is 27.2 Å². The van der Waals surface area contributed by atoms with Gasteiger partial charge in [-0.1, -0.05) is 18.2 Å². The molecular weight excluding hydrogens is 542 g/mol. The van der Waals surface area contributed by atoms with Crippen LogP contribution in [0.3, 0.4) is 0 Å². The molecule has 0 aliphatic heterocycles. The first-order chi connectivity index (χ1) is 15.1. The zero-order chi connectivity index (χ0) is 26.5. The lowest BCUT2D eigenvalue weighted by Crippen LogP contribution is -2.66. The van der Waals surface area contributed by atoms with Gasteiger partial charge in [-0.25, -0.2) is 17.2 Å². The van der Waals surface area contributed by atoms with Crippen molar-refractivity contribution in [1.29, 1.82) is 0 Å². The second-order valence-corrected chi connectivity index (χ2v) is 9.68. The maximum absolute atomic E-state index is 14.2. The van der Waals surface area contributed by atoms with Gasteiger partial charge in [0.25, 0.3) is 9.84 Å². The summed E-state index contributed by atoms with van der Waals surface area (Å²) in [5.41, 5.74) is 0. The standard InChI is InChI=1S/C16H8F10O6S2/c17-10-6-9(32-8-4-2-1-3-5-8)7-11(18)12(10)33(27,28)15(23,24)13(19,20)14(21,22)16(25,26)34(29,30)31/h1-7H,(H,29,30,31). The van der Waals surface area contributed by atoms with Gasteiger partial charge >= 0.3 is 32.5 Å². The highest BCUT2D eigenvalue weighted by Gasteiger charge is 2.87. The van der Waals surface area contributed by atoms with E-state index < -0.39 is 64.6 Å². The minimum absolute atomic E-state index is 0.123. The zero-order valence-corrected chi connectivity index (χ0v) is 17.3. The fraction of sp³-hybridized carbons (Fsp3) is 0.250. The van der Waals surface area contributed by atoms with Crippen molar-refractivity contribution in [1.82, 2.24) is 0 Å². The molecule has 0 radical (unpaired) electrons. The topological polar surface area (TPSA) is 97.7 Å². The van der Waals surface area contributed by atoms with Crippen molar-refractivity contribution in [3.8, 4) is 11.5 Å². The van der Waals surface area contributed by atoms with Gasteiger partial charge < -0.3 is 4.74 Å². The molecule has 0 aliphatic rings. The van der Waals surface area contributed by atoms with E-state index in [2.05, 4.69) is 0 Å². The Balaban J connectivity index is 2.64. The predicted octanol–water partition coefficient (Wildman–Crippen LogP) is 4.87. The lowest BCUT2D eigenvalue weighted by Gasteiger charge is -2.34. The molecule has 2 rings (SSSR count). The van der Waals surface area contributed by atoms with Gasteiger partial charge in [0.15, 0.2) is 0 Å². The summed E-state index contributed by atoms with van der Waals surface area (Å²) in [6.45, 7) is 0. The molecule has 0 saturated heterocycles. The third kappa shape index (κ3) is 4.06. The van der Waals surface area contributed by atoms with E-state index in [1.165, 1.54) is 30.3 Å². The Morgan fingerprint density at radius 3 is 1.50 bits per heavy atom. The van der Waals surface area contributed by atoms with Crippen molar-refractivity contribution in [3.63, 3.8) is 0 Å². The Hall–Kier alpha value is -2.60. The molecule has 6 nitrogen and oxygen atoms in total. The fourth-order valence-corrected chi connectivity index (χ4v) is 4.11. The zero-order valence-electron chi connectivity index (χ0n) is 15.6. The highest BCUT2D eigenvalue weighted by Crippen LogP contribution is 2.57. The maximum atomic E-state index is 14.2. The van der Waals surface area contributed by atoms with Crippen LogP contribution in [0.4, 0.5) is 43.9 Å². The van der Waals surface area contributed by atoms with Gasteiger partial charge in [-0.05, 0) is 12.1 Å². The molecule has 0 heterocycles. The molecule has 0 atom stereocenters. The number of hydrogen-bond donors (Lipinski definition) is 1. The van der Waals surface area contributed by atoms with Gasteiger partial charge in [0.05, 0.1) is 0 Å². The monoisotopic (exact) mass is 550 g/mol. The number of para-hydroxylation sites is 1. The van der Waals surface area contributed by atoms with Crippen molar-refractivity contribution in [2.24, 2.45) is 0 Å². The number of alkyl halides is 8. The summed E-state index contributed by atoms with van der Waals surface area (Å²) in [7, 11) is -15.1. The van der Waals surface area contributed by atoms with E-state index in [9.17, 15) is 60.7 Å². The van der Waals surface area contributed by atoms with Crippen LogP contribution in [0, 0.1) is 11.6 Å². The second-order valence-electron chi connectivity index (χ2n) is 6.29. The molecule has 2 aromatic rings. The first kappa shape index (κ1) is 27.6. The fourth-order valence-electron chi connectivity index (χ4n) is 2.30. The highest BCUT2D eigenvalue weighted by molar-refractivity contribution is 7.92. The number of ether oxygens (including phenoxy) is 1. The van der Waals surface area contributed by atoms with Crippen molar-refractivity contribution >= 4 is 20.0 Å². The predicted molar refractivity (Wildman–Crippen MR) is 91.4 cm³/mol. The largest absolute Gasteiger partial charge is 0.457 e. The Bertz CT molecular complexity index is 1270. The van der Waals surface area contributed by atoms with Gasteiger partial charge in [-0.3, -0.25) is 4.55 Å². The van der Waals surface area contributed by atoms with Crippen LogP contribution in [0.15, 0.2) is 47.4 Å². The van der Waals surface area contributed by atoms with Crippen LogP contribution in [0.5, 0.6) is 11.5 Å². The van der Waals surface area contributed by atoms with Crippen LogP contribution in [0.1, 0.15) is 0 Å². The molecule has 0 aliphatic carbocycles. The molecule has 0 fully saturated rings. The number of benzene rings is 2. The summed E-state index contributed by atoms with van der Waals surface area (Å²) in [5.74, 6) is -21.8. The summed E-state index contributed by atoms with van der Waals surface area (Å²) < 4.78 is 195. The van der Waals surface area contributed by atoms with Gasteiger partial charge in [0.1, 0.15) is 28.0 Å². The Labute approximate surface area is 183 Å². The SMILES string of the molecule is O=S(=O)(O)C(F)(F)C(F)(F)C(F)(F)C(F)(F)S(=O)(=O)c1c(F)cc(Oc2ccccc2)cc1F. The summed E-state index contributed by atoms with van der Waals surface area (Å²) >= 11 is 0. The van der Waals surface area contributed by atoms with E-state index in [-0.39, 0.29) is 17.9 Å². The smallest absolute Gasteiger partial charge is 0.438 e. The number of halogens is 10. The molecule has 190 valence electrons. The van der Waals surface area contributed by atoms with Crippen LogP contribution in [-0.4, -0.2) is 43.7 Å². The minimum atomic E-state index is -7.84. The summed E-state index contributed by atoms with van der Waals surface area (Å²) in [4.78, 5) is -2.94. The quantitative estimate of drug-likeness (QED) is 0.372. The Morgan fingerprint density at radius 1 is 0.676 bits per heavy atom. The van der Waals surface area contributed by atoms with E-state index in [4.69, 9.17) is 9.29 Å². The summed E-state index contributed by atoms with van der Waals surface area (Å²) in [6.07, 6.45) is 0. The van der Waals surface area contributed by atoms with Crippen LogP contribution < -0.4 is 4.74 Å². The normalized spacial score (nSPS) is 14.2. The lowest BCUT2D eigenvalue weighted by molar-refractivity contribution is -0.326. The minimum Gasteiger partial charge on any atom is -0.457 e. The van der Waals surface area contributed by atoms with Gasteiger partial charge in [0.2, 0.25) is 0 Å². The van der Waals surface area contributed by atoms with Gasteiger partial charge in [-0.2, -0.15) is 43.5 Å². The van der Waals surface area contributed by atoms with Crippen molar-refractivity contribution in [3.05, 3.63) is 54.1 Å². The van der Waals surface area contributed by atoms with Crippen LogP contribution >= 0.6 is 0 Å². The molecule has 0 unspecified atom stereocenters. The van der Waals surface area contributed by atoms with Gasteiger partial charge in [0, 0.05) is 12.1 Å². The molecule has 0 amide bonds. The maximum Gasteiger partial charge on any atom is 0.438 e.